The van der Waals surface area contributed by atoms with Crippen molar-refractivity contribution in [3.8, 4) is 0 Å². The molecule has 0 aromatic rings. The van der Waals surface area contributed by atoms with Crippen molar-refractivity contribution in [2.45, 2.75) is 59.6 Å². The van der Waals surface area contributed by atoms with Crippen molar-refractivity contribution in [2.75, 3.05) is 38.4 Å². The number of ether oxygens (including phenoxy) is 3. The standard InChI is InChI=1S/C20H38N2O6S/c1-8-9-29-13-15(10-21-19(25)28-20(4,5)6)17(23)22-16(18(24)26-7)12-27-11-14(2)3/h14-16H,8-13H2,1-7H3,(H,21,25)(H,22,23)/t15?,16-/m0/s1. The van der Waals surface area contributed by atoms with Crippen LogP contribution in [0.1, 0.15) is 48.0 Å². The molecule has 2 N–H and O–H groups in total. The number of alkyl carbamates (subject to hydrolysis) is 1. The minimum Gasteiger partial charge on any atom is -0.467 e. The zero-order valence-electron chi connectivity index (χ0n) is 18.8. The molecule has 0 aromatic heterocycles. The van der Waals surface area contributed by atoms with E-state index in [1.165, 1.54) is 7.11 Å². The molecule has 2 atom stereocenters. The van der Waals surface area contributed by atoms with Crippen molar-refractivity contribution < 1.29 is 28.6 Å². The third-order valence-corrected chi connectivity index (χ3v) is 4.80. The van der Waals surface area contributed by atoms with Gasteiger partial charge in [-0.1, -0.05) is 20.8 Å². The van der Waals surface area contributed by atoms with Gasteiger partial charge in [0.15, 0.2) is 6.04 Å². The van der Waals surface area contributed by atoms with Gasteiger partial charge in [0.2, 0.25) is 5.91 Å². The van der Waals surface area contributed by atoms with Gasteiger partial charge in [-0.15, -0.1) is 0 Å². The predicted molar refractivity (Wildman–Crippen MR) is 115 cm³/mol. The highest BCUT2D eigenvalue weighted by Crippen LogP contribution is 2.12. The Kier molecular flexibility index (Phi) is 13.8. The van der Waals surface area contributed by atoms with Crippen LogP contribution in [0.4, 0.5) is 4.79 Å². The van der Waals surface area contributed by atoms with E-state index in [-0.39, 0.29) is 19.1 Å². The van der Waals surface area contributed by atoms with E-state index in [1.54, 1.807) is 32.5 Å². The Balaban J connectivity index is 4.94. The summed E-state index contributed by atoms with van der Waals surface area (Å²) in [5.74, 6) is 0.289. The maximum absolute atomic E-state index is 12.8. The van der Waals surface area contributed by atoms with E-state index < -0.39 is 29.6 Å². The van der Waals surface area contributed by atoms with Crippen LogP contribution in [0.15, 0.2) is 0 Å². The van der Waals surface area contributed by atoms with Crippen molar-refractivity contribution >= 4 is 29.7 Å². The molecule has 0 saturated carbocycles. The van der Waals surface area contributed by atoms with Gasteiger partial charge in [0.1, 0.15) is 5.60 Å². The quantitative estimate of drug-likeness (QED) is 0.339. The van der Waals surface area contributed by atoms with Crippen LogP contribution in [0.5, 0.6) is 0 Å². The first-order valence-corrected chi connectivity index (χ1v) is 11.2. The maximum atomic E-state index is 12.8. The summed E-state index contributed by atoms with van der Waals surface area (Å²) in [5.41, 5.74) is -0.622. The van der Waals surface area contributed by atoms with Crippen LogP contribution in [-0.2, 0) is 23.8 Å². The Morgan fingerprint density at radius 1 is 1.10 bits per heavy atom. The number of nitrogens with one attached hydrogen (secondary N) is 2. The monoisotopic (exact) mass is 434 g/mol. The van der Waals surface area contributed by atoms with Crippen LogP contribution in [-0.4, -0.2) is 68.0 Å². The Morgan fingerprint density at radius 3 is 2.28 bits per heavy atom. The molecule has 0 aliphatic carbocycles. The van der Waals surface area contributed by atoms with Crippen molar-refractivity contribution in [1.29, 1.82) is 0 Å². The largest absolute Gasteiger partial charge is 0.467 e. The summed E-state index contributed by atoms with van der Waals surface area (Å²) in [7, 11) is 1.27. The highest BCUT2D eigenvalue weighted by Gasteiger charge is 2.27. The molecule has 1 unspecified atom stereocenters. The van der Waals surface area contributed by atoms with Gasteiger partial charge in [-0.3, -0.25) is 4.79 Å². The topological polar surface area (TPSA) is 103 Å². The average Bonchev–Trinajstić information content (AvgIpc) is 2.61. The first kappa shape index (κ1) is 27.5. The Bertz CT molecular complexity index is 508. The van der Waals surface area contributed by atoms with Gasteiger partial charge in [-0.05, 0) is 38.9 Å². The second-order valence-electron chi connectivity index (χ2n) is 8.17. The molecular weight excluding hydrogens is 396 g/mol. The van der Waals surface area contributed by atoms with E-state index in [0.717, 1.165) is 12.2 Å². The lowest BCUT2D eigenvalue weighted by Gasteiger charge is -2.23. The van der Waals surface area contributed by atoms with Crippen molar-refractivity contribution in [2.24, 2.45) is 11.8 Å². The molecule has 8 nitrogen and oxygen atoms in total. The molecule has 29 heavy (non-hydrogen) atoms. The minimum absolute atomic E-state index is 0.0326. The molecule has 0 rings (SSSR count). The number of thioether (sulfide) groups is 1. The van der Waals surface area contributed by atoms with E-state index in [0.29, 0.717) is 18.3 Å². The molecule has 0 aliphatic heterocycles. The van der Waals surface area contributed by atoms with Crippen LogP contribution >= 0.6 is 11.8 Å². The number of carbonyl (C=O) groups is 3. The number of hydrogen-bond donors (Lipinski definition) is 2. The molecule has 0 saturated heterocycles. The first-order chi connectivity index (χ1) is 13.5. The fourth-order valence-electron chi connectivity index (χ4n) is 2.14. The first-order valence-electron chi connectivity index (χ1n) is 10.0. The Labute approximate surface area is 179 Å². The van der Waals surface area contributed by atoms with Gasteiger partial charge in [0, 0.05) is 18.9 Å². The van der Waals surface area contributed by atoms with E-state index in [2.05, 4.69) is 17.6 Å². The number of hydrogen-bond acceptors (Lipinski definition) is 7. The molecule has 0 fully saturated rings. The number of amides is 2. The minimum atomic E-state index is -0.897. The van der Waals surface area contributed by atoms with Crippen LogP contribution in [0.25, 0.3) is 0 Å². The van der Waals surface area contributed by atoms with E-state index in [1.807, 2.05) is 13.8 Å². The van der Waals surface area contributed by atoms with Gasteiger partial charge in [-0.25, -0.2) is 9.59 Å². The zero-order chi connectivity index (χ0) is 22.4. The molecule has 170 valence electrons. The summed E-state index contributed by atoms with van der Waals surface area (Å²) in [6, 6.07) is -0.897. The lowest BCUT2D eigenvalue weighted by molar-refractivity contribution is -0.147. The lowest BCUT2D eigenvalue weighted by Crippen LogP contribution is -2.49. The molecular formula is C20H38N2O6S. The van der Waals surface area contributed by atoms with Gasteiger partial charge >= 0.3 is 12.1 Å². The van der Waals surface area contributed by atoms with Gasteiger partial charge < -0.3 is 24.8 Å². The molecule has 0 bridgehead atoms. The van der Waals surface area contributed by atoms with Gasteiger partial charge in [-0.2, -0.15) is 11.8 Å². The smallest absolute Gasteiger partial charge is 0.407 e. The second-order valence-corrected chi connectivity index (χ2v) is 9.32. The third kappa shape index (κ3) is 14.2. The van der Waals surface area contributed by atoms with Crippen molar-refractivity contribution in [3.05, 3.63) is 0 Å². The number of rotatable bonds is 13. The van der Waals surface area contributed by atoms with Crippen LogP contribution in [0, 0.1) is 11.8 Å². The number of esters is 1. The molecule has 9 heteroatoms. The molecule has 0 radical (unpaired) electrons. The molecule has 0 spiro atoms. The van der Waals surface area contributed by atoms with E-state index in [9.17, 15) is 14.4 Å². The SMILES string of the molecule is CCCSCC(CNC(=O)OC(C)(C)C)C(=O)N[C@@H](COCC(C)C)C(=O)OC. The lowest BCUT2D eigenvalue weighted by atomic mass is 10.1. The summed E-state index contributed by atoms with van der Waals surface area (Å²) >= 11 is 1.62. The van der Waals surface area contributed by atoms with Crippen LogP contribution in [0.2, 0.25) is 0 Å². The fourth-order valence-corrected chi connectivity index (χ4v) is 3.15. The van der Waals surface area contributed by atoms with E-state index >= 15 is 0 Å². The van der Waals surface area contributed by atoms with Gasteiger partial charge in [0.05, 0.1) is 19.6 Å². The van der Waals surface area contributed by atoms with Crippen molar-refractivity contribution in [1.82, 2.24) is 10.6 Å². The summed E-state index contributed by atoms with van der Waals surface area (Å²) in [6.07, 6.45) is 0.396. The van der Waals surface area contributed by atoms with Crippen molar-refractivity contribution in [3.63, 3.8) is 0 Å². The summed E-state index contributed by atoms with van der Waals surface area (Å²) in [4.78, 5) is 36.7. The normalized spacial score (nSPS) is 13.5. The Hall–Kier alpha value is -1.48. The van der Waals surface area contributed by atoms with Crippen LogP contribution < -0.4 is 10.6 Å². The van der Waals surface area contributed by atoms with Crippen LogP contribution in [0.3, 0.4) is 0 Å². The summed E-state index contributed by atoms with van der Waals surface area (Å²) in [5, 5.41) is 5.34. The Morgan fingerprint density at radius 2 is 1.76 bits per heavy atom. The molecule has 0 heterocycles. The molecule has 0 aliphatic rings. The summed E-state index contributed by atoms with van der Waals surface area (Å²) < 4.78 is 15.5. The third-order valence-electron chi connectivity index (χ3n) is 3.47. The highest BCUT2D eigenvalue weighted by atomic mass is 32.2. The molecule has 2 amide bonds. The second kappa shape index (κ2) is 14.5. The maximum Gasteiger partial charge on any atom is 0.407 e. The van der Waals surface area contributed by atoms with Gasteiger partial charge in [0.25, 0.3) is 0 Å². The number of methoxy groups -OCH3 is 1. The fraction of sp³-hybridized carbons (Fsp3) is 0.850. The number of carbonyl (C=O) groups excluding carboxylic acids is 3. The van der Waals surface area contributed by atoms with E-state index in [4.69, 9.17) is 14.2 Å². The zero-order valence-corrected chi connectivity index (χ0v) is 19.6. The highest BCUT2D eigenvalue weighted by molar-refractivity contribution is 7.99. The average molecular weight is 435 g/mol. The summed E-state index contributed by atoms with van der Waals surface area (Å²) in [6.45, 7) is 12.0. The predicted octanol–water partition coefficient (Wildman–Crippen LogP) is 2.60. The molecule has 0 aromatic carbocycles.